The minimum atomic E-state index is 0.622. The largest absolute Gasteiger partial charge is 0.382 e. The number of rotatable bonds is 2. The molecule has 1 fully saturated rings. The van der Waals surface area contributed by atoms with Gasteiger partial charge >= 0.3 is 0 Å². The number of hydrogen-bond donors (Lipinski definition) is 1. The first-order chi connectivity index (χ1) is 8.47. The van der Waals surface area contributed by atoms with Gasteiger partial charge in [-0.05, 0) is 58.7 Å². The Bertz CT molecular complexity index is 402. The third kappa shape index (κ3) is 2.86. The van der Waals surface area contributed by atoms with Crippen LogP contribution in [0.1, 0.15) is 36.5 Å². The zero-order chi connectivity index (χ0) is 13.3. The summed E-state index contributed by atoms with van der Waals surface area (Å²) in [6, 6.07) is 5.85. The summed E-state index contributed by atoms with van der Waals surface area (Å²) in [7, 11) is 2.23. The Morgan fingerprint density at radius 2 is 1.78 bits per heavy atom. The van der Waals surface area contributed by atoms with E-state index in [1.54, 1.807) is 0 Å². The van der Waals surface area contributed by atoms with Gasteiger partial charge in [-0.2, -0.15) is 0 Å². The van der Waals surface area contributed by atoms with Crippen molar-refractivity contribution in [2.75, 3.05) is 18.9 Å². The molecule has 1 aromatic carbocycles. The van der Waals surface area contributed by atoms with Crippen molar-refractivity contribution in [2.24, 2.45) is 0 Å². The highest BCUT2D eigenvalue weighted by Crippen LogP contribution is 2.26. The van der Waals surface area contributed by atoms with Gasteiger partial charge < -0.3 is 10.2 Å². The van der Waals surface area contributed by atoms with Crippen LogP contribution in [0.4, 0.5) is 5.69 Å². The van der Waals surface area contributed by atoms with Crippen LogP contribution in [0.2, 0.25) is 0 Å². The van der Waals surface area contributed by atoms with E-state index in [4.69, 9.17) is 0 Å². The van der Waals surface area contributed by atoms with E-state index in [-0.39, 0.29) is 0 Å². The van der Waals surface area contributed by atoms with Crippen LogP contribution in [-0.2, 0) is 0 Å². The number of anilines is 1. The minimum Gasteiger partial charge on any atom is -0.382 e. The predicted octanol–water partition coefficient (Wildman–Crippen LogP) is 3.51. The molecular weight excluding hydrogens is 220 g/mol. The highest BCUT2D eigenvalue weighted by atomic mass is 15.1. The summed E-state index contributed by atoms with van der Waals surface area (Å²) >= 11 is 0. The van der Waals surface area contributed by atoms with Crippen LogP contribution in [0.5, 0.6) is 0 Å². The molecule has 18 heavy (non-hydrogen) atoms. The maximum atomic E-state index is 3.77. The van der Waals surface area contributed by atoms with Gasteiger partial charge in [-0.3, -0.25) is 0 Å². The van der Waals surface area contributed by atoms with Gasteiger partial charge in [0.1, 0.15) is 0 Å². The van der Waals surface area contributed by atoms with Crippen LogP contribution in [-0.4, -0.2) is 30.6 Å². The van der Waals surface area contributed by atoms with Crippen molar-refractivity contribution in [2.45, 2.75) is 52.6 Å². The fourth-order valence-electron chi connectivity index (χ4n) is 3.03. The molecule has 1 aliphatic heterocycles. The van der Waals surface area contributed by atoms with Crippen LogP contribution in [0.15, 0.2) is 12.1 Å². The first kappa shape index (κ1) is 13.4. The van der Waals surface area contributed by atoms with Gasteiger partial charge in [0.05, 0.1) is 0 Å². The second kappa shape index (κ2) is 5.31. The van der Waals surface area contributed by atoms with E-state index in [1.165, 1.54) is 41.8 Å². The van der Waals surface area contributed by atoms with Crippen molar-refractivity contribution in [1.29, 1.82) is 0 Å². The highest BCUT2D eigenvalue weighted by Gasteiger charge is 2.23. The van der Waals surface area contributed by atoms with Gasteiger partial charge in [-0.15, -0.1) is 0 Å². The summed E-state index contributed by atoms with van der Waals surface area (Å²) in [4.78, 5) is 2.45. The first-order valence-corrected chi connectivity index (χ1v) is 7.02. The van der Waals surface area contributed by atoms with Gasteiger partial charge in [0.15, 0.2) is 0 Å². The summed E-state index contributed by atoms with van der Waals surface area (Å²) < 4.78 is 0. The molecule has 0 bridgehead atoms. The molecule has 1 aliphatic rings. The lowest BCUT2D eigenvalue weighted by atomic mass is 9.97. The zero-order valence-electron chi connectivity index (χ0n) is 12.4. The quantitative estimate of drug-likeness (QED) is 0.859. The number of aryl methyl sites for hydroxylation is 3. The molecule has 2 nitrogen and oxygen atoms in total. The maximum Gasteiger partial charge on any atom is 0.0401 e. The fraction of sp³-hybridized carbons (Fsp3) is 0.625. The zero-order valence-corrected chi connectivity index (χ0v) is 12.4. The van der Waals surface area contributed by atoms with Gasteiger partial charge in [0.25, 0.3) is 0 Å². The standard InChI is InChI=1S/C16H26N2/c1-11-8-12(2)16(13(3)9-11)17-15-6-7-18(5)14(4)10-15/h8-9,14-15,17H,6-7,10H2,1-5H3. The van der Waals surface area contributed by atoms with Crippen molar-refractivity contribution in [3.63, 3.8) is 0 Å². The van der Waals surface area contributed by atoms with E-state index in [2.05, 4.69) is 57.1 Å². The van der Waals surface area contributed by atoms with Crippen molar-refractivity contribution >= 4 is 5.69 Å². The molecule has 0 saturated carbocycles. The Kier molecular flexibility index (Phi) is 3.96. The predicted molar refractivity (Wildman–Crippen MR) is 79.4 cm³/mol. The molecule has 0 amide bonds. The topological polar surface area (TPSA) is 15.3 Å². The monoisotopic (exact) mass is 246 g/mol. The van der Waals surface area contributed by atoms with E-state index < -0.39 is 0 Å². The van der Waals surface area contributed by atoms with Crippen LogP contribution >= 0.6 is 0 Å². The lowest BCUT2D eigenvalue weighted by Gasteiger charge is -2.36. The molecule has 0 aliphatic carbocycles. The Morgan fingerprint density at radius 3 is 2.33 bits per heavy atom. The minimum absolute atomic E-state index is 0.622. The molecule has 1 N–H and O–H groups in total. The molecule has 2 unspecified atom stereocenters. The van der Waals surface area contributed by atoms with Gasteiger partial charge in [-0.1, -0.05) is 17.7 Å². The van der Waals surface area contributed by atoms with Crippen LogP contribution in [0.3, 0.4) is 0 Å². The van der Waals surface area contributed by atoms with Crippen molar-refractivity contribution < 1.29 is 0 Å². The lowest BCUT2D eigenvalue weighted by molar-refractivity contribution is 0.190. The molecule has 0 radical (unpaired) electrons. The Hall–Kier alpha value is -1.02. The second-order valence-corrected chi connectivity index (χ2v) is 5.97. The molecule has 1 saturated heterocycles. The van der Waals surface area contributed by atoms with Crippen molar-refractivity contribution in [1.82, 2.24) is 4.90 Å². The normalized spacial score (nSPS) is 25.2. The summed E-state index contributed by atoms with van der Waals surface area (Å²) in [5.74, 6) is 0. The number of nitrogens with one attached hydrogen (secondary N) is 1. The Morgan fingerprint density at radius 1 is 1.17 bits per heavy atom. The SMILES string of the molecule is Cc1cc(C)c(NC2CCN(C)C(C)C2)c(C)c1. The van der Waals surface area contributed by atoms with Crippen LogP contribution < -0.4 is 5.32 Å². The molecule has 2 rings (SSSR count). The third-order valence-corrected chi connectivity index (χ3v) is 4.23. The summed E-state index contributed by atoms with van der Waals surface area (Å²) in [5.41, 5.74) is 5.45. The third-order valence-electron chi connectivity index (χ3n) is 4.23. The number of likely N-dealkylation sites (tertiary alicyclic amines) is 1. The van der Waals surface area contributed by atoms with Crippen LogP contribution in [0.25, 0.3) is 0 Å². The maximum absolute atomic E-state index is 3.77. The second-order valence-electron chi connectivity index (χ2n) is 5.97. The molecule has 0 aromatic heterocycles. The average Bonchev–Trinajstić information content (AvgIpc) is 2.28. The van der Waals surface area contributed by atoms with E-state index in [0.717, 1.165) is 0 Å². The number of nitrogens with zero attached hydrogens (tertiary/aromatic N) is 1. The summed E-state index contributed by atoms with van der Waals surface area (Å²) in [6.07, 6.45) is 2.48. The summed E-state index contributed by atoms with van der Waals surface area (Å²) in [5, 5.41) is 3.77. The molecule has 2 atom stereocenters. The van der Waals surface area contributed by atoms with E-state index in [9.17, 15) is 0 Å². The van der Waals surface area contributed by atoms with Crippen LogP contribution in [0, 0.1) is 20.8 Å². The fourth-order valence-corrected chi connectivity index (χ4v) is 3.03. The average molecular weight is 246 g/mol. The van der Waals surface area contributed by atoms with E-state index in [1.807, 2.05) is 0 Å². The van der Waals surface area contributed by atoms with Gasteiger partial charge in [-0.25, -0.2) is 0 Å². The summed E-state index contributed by atoms with van der Waals surface area (Å²) in [6.45, 7) is 10.1. The molecular formula is C16H26N2. The molecule has 100 valence electrons. The van der Waals surface area contributed by atoms with E-state index in [0.29, 0.717) is 12.1 Å². The van der Waals surface area contributed by atoms with Gasteiger partial charge in [0, 0.05) is 24.3 Å². The Labute approximate surface area is 111 Å². The Balaban J connectivity index is 2.10. The lowest BCUT2D eigenvalue weighted by Crippen LogP contribution is -2.42. The molecule has 2 heteroatoms. The highest BCUT2D eigenvalue weighted by molar-refractivity contribution is 5.58. The molecule has 0 spiro atoms. The number of hydrogen-bond acceptors (Lipinski definition) is 2. The van der Waals surface area contributed by atoms with Crippen molar-refractivity contribution in [3.8, 4) is 0 Å². The number of piperidine rings is 1. The van der Waals surface area contributed by atoms with E-state index >= 15 is 0 Å². The molecule has 1 aromatic rings. The number of benzene rings is 1. The first-order valence-electron chi connectivity index (χ1n) is 7.02. The van der Waals surface area contributed by atoms with Crippen molar-refractivity contribution in [3.05, 3.63) is 28.8 Å². The molecule has 1 heterocycles. The van der Waals surface area contributed by atoms with Gasteiger partial charge in [0.2, 0.25) is 0 Å². The smallest absolute Gasteiger partial charge is 0.0401 e.